The molecule has 0 saturated carbocycles. The summed E-state index contributed by atoms with van der Waals surface area (Å²) in [6.07, 6.45) is 5.30. The van der Waals surface area contributed by atoms with Crippen LogP contribution < -0.4 is 10.6 Å². The van der Waals surface area contributed by atoms with E-state index in [1.807, 2.05) is 18.2 Å². The maximum atomic E-state index is 4.60. The van der Waals surface area contributed by atoms with Gasteiger partial charge in [-0.15, -0.1) is 0 Å². The van der Waals surface area contributed by atoms with Gasteiger partial charge in [0.15, 0.2) is 0 Å². The Bertz CT molecular complexity index is 853. The molecule has 3 aromatic rings. The average Bonchev–Trinajstić information content (AvgIpc) is 2.58. The van der Waals surface area contributed by atoms with Crippen molar-refractivity contribution in [2.45, 2.75) is 33.2 Å². The molecule has 0 atom stereocenters. The number of hydrogen-bond acceptors (Lipinski definition) is 5. The SMILES string of the molecule is Cc1ccc(NC(C)(C)C)cc1Nc1nccc(-c2cccnc2)n1. The minimum atomic E-state index is 0.00323. The third kappa shape index (κ3) is 4.53. The molecule has 0 spiro atoms. The van der Waals surface area contributed by atoms with E-state index in [1.165, 1.54) is 0 Å². The average molecular weight is 333 g/mol. The van der Waals surface area contributed by atoms with Crippen LogP contribution >= 0.6 is 0 Å². The van der Waals surface area contributed by atoms with Crippen LogP contribution in [0.2, 0.25) is 0 Å². The topological polar surface area (TPSA) is 62.7 Å². The number of aryl methyl sites for hydroxylation is 1. The molecule has 2 heterocycles. The van der Waals surface area contributed by atoms with E-state index in [2.05, 4.69) is 71.5 Å². The predicted octanol–water partition coefficient (Wildman–Crippen LogP) is 4.80. The summed E-state index contributed by atoms with van der Waals surface area (Å²) in [4.78, 5) is 13.1. The van der Waals surface area contributed by atoms with Gasteiger partial charge in [-0.25, -0.2) is 9.97 Å². The number of aromatic nitrogens is 3. The summed E-state index contributed by atoms with van der Waals surface area (Å²) in [5.41, 5.74) is 4.99. The normalized spacial score (nSPS) is 11.2. The first-order chi connectivity index (χ1) is 11.9. The van der Waals surface area contributed by atoms with Crippen molar-refractivity contribution in [3.63, 3.8) is 0 Å². The van der Waals surface area contributed by atoms with Crippen molar-refractivity contribution >= 4 is 17.3 Å². The van der Waals surface area contributed by atoms with Crippen molar-refractivity contribution in [3.05, 3.63) is 60.6 Å². The lowest BCUT2D eigenvalue weighted by Gasteiger charge is -2.23. The van der Waals surface area contributed by atoms with Crippen molar-refractivity contribution in [3.8, 4) is 11.3 Å². The number of nitrogens with zero attached hydrogens (tertiary/aromatic N) is 3. The fraction of sp³-hybridized carbons (Fsp3) is 0.250. The fourth-order valence-electron chi connectivity index (χ4n) is 2.48. The minimum absolute atomic E-state index is 0.00323. The van der Waals surface area contributed by atoms with E-state index >= 15 is 0 Å². The molecule has 0 saturated heterocycles. The number of hydrogen-bond donors (Lipinski definition) is 2. The summed E-state index contributed by atoms with van der Waals surface area (Å²) in [6, 6.07) is 12.0. The second-order valence-electron chi connectivity index (χ2n) is 7.04. The summed E-state index contributed by atoms with van der Waals surface area (Å²) in [5, 5.41) is 6.81. The number of nitrogens with one attached hydrogen (secondary N) is 2. The molecule has 1 aromatic carbocycles. The van der Waals surface area contributed by atoms with Gasteiger partial charge in [-0.2, -0.15) is 0 Å². The Kier molecular flexibility index (Phi) is 4.65. The Hall–Kier alpha value is -2.95. The predicted molar refractivity (Wildman–Crippen MR) is 103 cm³/mol. The molecular weight excluding hydrogens is 310 g/mol. The van der Waals surface area contributed by atoms with Gasteiger partial charge < -0.3 is 10.6 Å². The van der Waals surface area contributed by atoms with Crippen LogP contribution in [0.3, 0.4) is 0 Å². The third-order valence-corrected chi connectivity index (χ3v) is 3.62. The molecule has 3 rings (SSSR count). The van der Waals surface area contributed by atoms with Crippen LogP contribution in [-0.2, 0) is 0 Å². The van der Waals surface area contributed by atoms with Gasteiger partial charge in [-0.05, 0) is 63.6 Å². The molecule has 0 aliphatic carbocycles. The molecule has 5 nitrogen and oxygen atoms in total. The van der Waals surface area contributed by atoms with Crippen LogP contribution in [0.15, 0.2) is 55.0 Å². The highest BCUT2D eigenvalue weighted by Gasteiger charge is 2.11. The van der Waals surface area contributed by atoms with E-state index in [1.54, 1.807) is 18.6 Å². The molecule has 25 heavy (non-hydrogen) atoms. The third-order valence-electron chi connectivity index (χ3n) is 3.62. The van der Waals surface area contributed by atoms with E-state index < -0.39 is 0 Å². The van der Waals surface area contributed by atoms with E-state index in [9.17, 15) is 0 Å². The van der Waals surface area contributed by atoms with Crippen molar-refractivity contribution in [1.29, 1.82) is 0 Å². The molecule has 0 fully saturated rings. The van der Waals surface area contributed by atoms with Crippen molar-refractivity contribution < 1.29 is 0 Å². The monoisotopic (exact) mass is 333 g/mol. The first-order valence-electron chi connectivity index (χ1n) is 8.30. The number of rotatable bonds is 4. The molecule has 128 valence electrons. The molecule has 0 radical (unpaired) electrons. The zero-order valence-corrected chi connectivity index (χ0v) is 15.0. The quantitative estimate of drug-likeness (QED) is 0.718. The zero-order chi connectivity index (χ0) is 17.9. The van der Waals surface area contributed by atoms with Crippen molar-refractivity contribution in [2.24, 2.45) is 0 Å². The molecule has 5 heteroatoms. The Morgan fingerprint density at radius 3 is 2.56 bits per heavy atom. The largest absolute Gasteiger partial charge is 0.380 e. The van der Waals surface area contributed by atoms with E-state index in [0.717, 1.165) is 28.2 Å². The van der Waals surface area contributed by atoms with Gasteiger partial charge in [0.05, 0.1) is 5.69 Å². The minimum Gasteiger partial charge on any atom is -0.380 e. The molecule has 0 aliphatic heterocycles. The van der Waals surface area contributed by atoms with Crippen LogP contribution in [0.4, 0.5) is 17.3 Å². The lowest BCUT2D eigenvalue weighted by atomic mass is 10.1. The molecule has 0 amide bonds. The standard InChI is InChI=1S/C20H23N5/c1-14-7-8-16(25-20(2,3)4)12-18(14)24-19-22-11-9-17(23-19)15-6-5-10-21-13-15/h5-13,25H,1-4H3,(H,22,23,24). The van der Waals surface area contributed by atoms with E-state index in [4.69, 9.17) is 0 Å². The van der Waals surface area contributed by atoms with E-state index in [-0.39, 0.29) is 5.54 Å². The first-order valence-corrected chi connectivity index (χ1v) is 8.30. The summed E-state index contributed by atoms with van der Waals surface area (Å²) >= 11 is 0. The van der Waals surface area contributed by atoms with Crippen LogP contribution in [0, 0.1) is 6.92 Å². The van der Waals surface area contributed by atoms with Crippen LogP contribution in [0.25, 0.3) is 11.3 Å². The summed E-state index contributed by atoms with van der Waals surface area (Å²) in [6.45, 7) is 8.48. The van der Waals surface area contributed by atoms with Crippen LogP contribution in [0.1, 0.15) is 26.3 Å². The number of anilines is 3. The van der Waals surface area contributed by atoms with Gasteiger partial charge in [0, 0.05) is 41.1 Å². The van der Waals surface area contributed by atoms with Crippen LogP contribution in [0.5, 0.6) is 0 Å². The molecule has 2 N–H and O–H groups in total. The maximum absolute atomic E-state index is 4.60. The second kappa shape index (κ2) is 6.89. The first kappa shape index (κ1) is 16.9. The second-order valence-corrected chi connectivity index (χ2v) is 7.04. The zero-order valence-electron chi connectivity index (χ0n) is 15.0. The highest BCUT2D eigenvalue weighted by atomic mass is 15.1. The Labute approximate surface area is 148 Å². The van der Waals surface area contributed by atoms with Crippen molar-refractivity contribution in [1.82, 2.24) is 15.0 Å². The van der Waals surface area contributed by atoms with Crippen molar-refractivity contribution in [2.75, 3.05) is 10.6 Å². The Morgan fingerprint density at radius 1 is 1.00 bits per heavy atom. The highest BCUT2D eigenvalue weighted by Crippen LogP contribution is 2.25. The van der Waals surface area contributed by atoms with Gasteiger partial charge in [-0.1, -0.05) is 6.07 Å². The number of benzene rings is 1. The van der Waals surface area contributed by atoms with E-state index in [0.29, 0.717) is 5.95 Å². The summed E-state index contributed by atoms with van der Waals surface area (Å²) in [7, 11) is 0. The summed E-state index contributed by atoms with van der Waals surface area (Å²) in [5.74, 6) is 0.567. The fourth-order valence-corrected chi connectivity index (χ4v) is 2.48. The highest BCUT2D eigenvalue weighted by molar-refractivity contribution is 5.67. The van der Waals surface area contributed by atoms with Gasteiger partial charge in [0.1, 0.15) is 0 Å². The Morgan fingerprint density at radius 2 is 1.84 bits per heavy atom. The molecule has 0 bridgehead atoms. The van der Waals surface area contributed by atoms with Gasteiger partial charge in [0.2, 0.25) is 5.95 Å². The molecular formula is C20H23N5. The van der Waals surface area contributed by atoms with Gasteiger partial charge in [0.25, 0.3) is 0 Å². The number of pyridine rings is 1. The molecule has 0 aliphatic rings. The van der Waals surface area contributed by atoms with Gasteiger partial charge >= 0.3 is 0 Å². The smallest absolute Gasteiger partial charge is 0.227 e. The maximum Gasteiger partial charge on any atom is 0.227 e. The Balaban J connectivity index is 1.86. The lowest BCUT2D eigenvalue weighted by molar-refractivity contribution is 0.634. The lowest BCUT2D eigenvalue weighted by Crippen LogP contribution is -2.26. The molecule has 2 aromatic heterocycles. The molecule has 0 unspecified atom stereocenters. The van der Waals surface area contributed by atoms with Crippen LogP contribution in [-0.4, -0.2) is 20.5 Å². The summed E-state index contributed by atoms with van der Waals surface area (Å²) < 4.78 is 0. The van der Waals surface area contributed by atoms with Gasteiger partial charge in [-0.3, -0.25) is 4.98 Å².